The van der Waals surface area contributed by atoms with Crippen molar-refractivity contribution in [2.24, 2.45) is 5.84 Å². The van der Waals surface area contributed by atoms with Crippen molar-refractivity contribution < 1.29 is 8.78 Å². The normalized spacial score (nSPS) is 12.9. The highest BCUT2D eigenvalue weighted by Gasteiger charge is 2.09. The average Bonchev–Trinajstić information content (AvgIpc) is 2.17. The molecule has 1 unspecified atom stereocenters. The maximum absolute atomic E-state index is 13.2. The summed E-state index contributed by atoms with van der Waals surface area (Å²) < 4.78 is 25.7. The minimum Gasteiger partial charge on any atom is -0.271 e. The first-order chi connectivity index (χ1) is 6.67. The van der Waals surface area contributed by atoms with Crippen molar-refractivity contribution in [2.75, 3.05) is 0 Å². The van der Waals surface area contributed by atoms with E-state index in [4.69, 9.17) is 5.84 Å². The lowest BCUT2D eigenvalue weighted by molar-refractivity contribution is 0.493. The van der Waals surface area contributed by atoms with Crippen molar-refractivity contribution >= 4 is 0 Å². The van der Waals surface area contributed by atoms with Gasteiger partial charge < -0.3 is 0 Å². The highest BCUT2D eigenvalue weighted by Crippen LogP contribution is 2.12. The van der Waals surface area contributed by atoms with Crippen LogP contribution in [0.25, 0.3) is 0 Å². The molecule has 0 saturated heterocycles. The summed E-state index contributed by atoms with van der Waals surface area (Å²) in [5, 5.41) is 0. The molecule has 0 spiro atoms. The van der Waals surface area contributed by atoms with Gasteiger partial charge in [-0.05, 0) is 24.5 Å². The number of hydrogen-bond donors (Lipinski definition) is 2. The third-order valence-electron chi connectivity index (χ3n) is 2.21. The monoisotopic (exact) mass is 200 g/mol. The van der Waals surface area contributed by atoms with E-state index < -0.39 is 11.6 Å². The van der Waals surface area contributed by atoms with Gasteiger partial charge in [-0.1, -0.05) is 13.0 Å². The molecular formula is C10H14F2N2. The molecule has 1 aromatic carbocycles. The number of benzene rings is 1. The lowest BCUT2D eigenvalue weighted by Crippen LogP contribution is -2.36. The van der Waals surface area contributed by atoms with Gasteiger partial charge in [-0.3, -0.25) is 11.3 Å². The molecule has 0 amide bonds. The second-order valence-electron chi connectivity index (χ2n) is 3.21. The van der Waals surface area contributed by atoms with E-state index >= 15 is 0 Å². The number of halogens is 2. The summed E-state index contributed by atoms with van der Waals surface area (Å²) in [7, 11) is 0. The molecule has 0 heterocycles. The Hall–Kier alpha value is -1.00. The predicted molar refractivity (Wildman–Crippen MR) is 51.5 cm³/mol. The van der Waals surface area contributed by atoms with Crippen LogP contribution < -0.4 is 11.3 Å². The highest BCUT2D eigenvalue weighted by atomic mass is 19.1. The van der Waals surface area contributed by atoms with E-state index in [1.807, 2.05) is 6.92 Å². The molecule has 14 heavy (non-hydrogen) atoms. The number of nitrogens with two attached hydrogens (primary N) is 1. The quantitative estimate of drug-likeness (QED) is 0.574. The Balaban J connectivity index is 2.76. The van der Waals surface area contributed by atoms with Crippen molar-refractivity contribution in [2.45, 2.75) is 25.8 Å². The van der Waals surface area contributed by atoms with Crippen molar-refractivity contribution in [1.29, 1.82) is 0 Å². The zero-order valence-corrected chi connectivity index (χ0v) is 8.06. The molecule has 2 nitrogen and oxygen atoms in total. The van der Waals surface area contributed by atoms with Crippen molar-refractivity contribution in [3.05, 3.63) is 35.4 Å². The Morgan fingerprint density at radius 2 is 2.14 bits per heavy atom. The molecule has 3 N–H and O–H groups in total. The third-order valence-corrected chi connectivity index (χ3v) is 2.21. The van der Waals surface area contributed by atoms with Gasteiger partial charge in [0.1, 0.15) is 11.6 Å². The fraction of sp³-hybridized carbons (Fsp3) is 0.400. The van der Waals surface area contributed by atoms with Gasteiger partial charge in [-0.2, -0.15) is 0 Å². The van der Waals surface area contributed by atoms with Gasteiger partial charge in [0.25, 0.3) is 0 Å². The minimum atomic E-state index is -0.556. The summed E-state index contributed by atoms with van der Waals surface area (Å²) in [6.07, 6.45) is 1.27. The second-order valence-corrected chi connectivity index (χ2v) is 3.21. The van der Waals surface area contributed by atoms with E-state index in [1.54, 1.807) is 0 Å². The van der Waals surface area contributed by atoms with Gasteiger partial charge in [0.15, 0.2) is 0 Å². The first-order valence-corrected chi connectivity index (χ1v) is 4.57. The van der Waals surface area contributed by atoms with E-state index in [0.717, 1.165) is 12.5 Å². The average molecular weight is 200 g/mol. The third kappa shape index (κ3) is 2.75. The maximum Gasteiger partial charge on any atom is 0.129 e. The van der Waals surface area contributed by atoms with Gasteiger partial charge in [0.05, 0.1) is 0 Å². The van der Waals surface area contributed by atoms with E-state index in [0.29, 0.717) is 12.0 Å². The van der Waals surface area contributed by atoms with Crippen LogP contribution in [-0.4, -0.2) is 6.04 Å². The topological polar surface area (TPSA) is 38.0 Å². The van der Waals surface area contributed by atoms with Gasteiger partial charge >= 0.3 is 0 Å². The first-order valence-electron chi connectivity index (χ1n) is 4.57. The van der Waals surface area contributed by atoms with Gasteiger partial charge in [-0.25, -0.2) is 8.78 Å². The molecule has 0 saturated carbocycles. The molecule has 1 rings (SSSR count). The van der Waals surface area contributed by atoms with Crippen LogP contribution in [0.2, 0.25) is 0 Å². The Morgan fingerprint density at radius 1 is 1.43 bits per heavy atom. The largest absolute Gasteiger partial charge is 0.271 e. The van der Waals surface area contributed by atoms with Crippen LogP contribution in [-0.2, 0) is 6.42 Å². The number of hydrogen-bond acceptors (Lipinski definition) is 2. The van der Waals surface area contributed by atoms with Crippen molar-refractivity contribution in [3.8, 4) is 0 Å². The van der Waals surface area contributed by atoms with E-state index in [9.17, 15) is 8.78 Å². The Kier molecular flexibility index (Phi) is 3.98. The molecule has 0 fully saturated rings. The smallest absolute Gasteiger partial charge is 0.129 e. The lowest BCUT2D eigenvalue weighted by atomic mass is 10.0. The summed E-state index contributed by atoms with van der Waals surface area (Å²) >= 11 is 0. The van der Waals surface area contributed by atoms with Crippen LogP contribution in [0, 0.1) is 11.6 Å². The summed E-state index contributed by atoms with van der Waals surface area (Å²) in [6, 6.07) is 3.61. The molecule has 1 atom stereocenters. The zero-order valence-electron chi connectivity index (χ0n) is 8.06. The molecule has 0 aliphatic rings. The van der Waals surface area contributed by atoms with E-state index in [1.165, 1.54) is 12.1 Å². The number of hydrazine groups is 1. The molecule has 0 aliphatic carbocycles. The maximum atomic E-state index is 13.2. The number of nitrogens with one attached hydrogen (secondary N) is 1. The fourth-order valence-corrected chi connectivity index (χ4v) is 1.27. The van der Waals surface area contributed by atoms with Crippen LogP contribution in [0.4, 0.5) is 8.78 Å². The Morgan fingerprint density at radius 3 is 2.64 bits per heavy atom. The summed E-state index contributed by atoms with van der Waals surface area (Å²) in [4.78, 5) is 0. The standard InChI is InChI=1S/C10H14F2N2/c1-2-9(14-13)5-7-3-4-8(11)6-10(7)12/h3-4,6,9,14H,2,5,13H2,1H3. The van der Waals surface area contributed by atoms with Crippen LogP contribution >= 0.6 is 0 Å². The van der Waals surface area contributed by atoms with Crippen molar-refractivity contribution in [1.82, 2.24) is 5.43 Å². The van der Waals surface area contributed by atoms with Crippen LogP contribution in [0.1, 0.15) is 18.9 Å². The van der Waals surface area contributed by atoms with Crippen LogP contribution in [0.3, 0.4) is 0 Å². The molecule has 0 radical (unpaired) electrons. The molecule has 78 valence electrons. The SMILES string of the molecule is CCC(Cc1ccc(F)cc1F)NN. The van der Waals surface area contributed by atoms with E-state index in [2.05, 4.69) is 5.43 Å². The molecule has 1 aromatic rings. The minimum absolute atomic E-state index is 0.0231. The van der Waals surface area contributed by atoms with Crippen LogP contribution in [0.15, 0.2) is 18.2 Å². The highest BCUT2D eigenvalue weighted by molar-refractivity contribution is 5.19. The first kappa shape index (κ1) is 11.1. The molecule has 4 heteroatoms. The number of rotatable bonds is 4. The Bertz CT molecular complexity index is 298. The summed E-state index contributed by atoms with van der Waals surface area (Å²) in [5.74, 6) is 4.19. The molecule has 0 aromatic heterocycles. The fourth-order valence-electron chi connectivity index (χ4n) is 1.27. The lowest BCUT2D eigenvalue weighted by Gasteiger charge is -2.13. The van der Waals surface area contributed by atoms with Gasteiger partial charge in [0.2, 0.25) is 0 Å². The Labute approximate surface area is 82.1 Å². The van der Waals surface area contributed by atoms with Gasteiger partial charge in [0, 0.05) is 12.1 Å². The molecular weight excluding hydrogens is 186 g/mol. The molecule has 0 bridgehead atoms. The zero-order chi connectivity index (χ0) is 10.6. The summed E-state index contributed by atoms with van der Waals surface area (Å²) in [6.45, 7) is 1.95. The van der Waals surface area contributed by atoms with Gasteiger partial charge in [-0.15, -0.1) is 0 Å². The summed E-state index contributed by atoms with van der Waals surface area (Å²) in [5.41, 5.74) is 3.06. The second kappa shape index (κ2) is 5.02. The van der Waals surface area contributed by atoms with E-state index in [-0.39, 0.29) is 6.04 Å². The van der Waals surface area contributed by atoms with Crippen molar-refractivity contribution in [3.63, 3.8) is 0 Å². The predicted octanol–water partition coefficient (Wildman–Crippen LogP) is 1.75. The molecule has 0 aliphatic heterocycles. The van der Waals surface area contributed by atoms with Crippen LogP contribution in [0.5, 0.6) is 0 Å².